The van der Waals surface area contributed by atoms with E-state index in [2.05, 4.69) is 5.16 Å². The third-order valence-electron chi connectivity index (χ3n) is 5.38. The summed E-state index contributed by atoms with van der Waals surface area (Å²) in [4.78, 5) is 21.0. The Morgan fingerprint density at radius 2 is 1.79 bits per heavy atom. The van der Waals surface area contributed by atoms with Gasteiger partial charge in [-0.1, -0.05) is 5.16 Å². The predicted molar refractivity (Wildman–Crippen MR) is 123 cm³/mol. The molecule has 0 aromatic heterocycles. The summed E-state index contributed by atoms with van der Waals surface area (Å²) in [6.07, 6.45) is 2.70. The van der Waals surface area contributed by atoms with E-state index in [9.17, 15) is 22.0 Å². The normalized spacial score (nSPS) is 17.8. The van der Waals surface area contributed by atoms with Crippen LogP contribution in [0.4, 0.5) is 25.0 Å². The lowest BCUT2D eigenvalue weighted by Gasteiger charge is -2.32. The predicted octanol–water partition coefficient (Wildman–Crippen LogP) is 3.56. The number of ether oxygens (including phenoxy) is 1. The molecule has 0 saturated carbocycles. The van der Waals surface area contributed by atoms with Crippen LogP contribution in [0.5, 0.6) is 0 Å². The first kappa shape index (κ1) is 25.0. The fourth-order valence-electron chi connectivity index (χ4n) is 3.72. The van der Waals surface area contributed by atoms with Crippen LogP contribution in [0, 0.1) is 11.6 Å². The van der Waals surface area contributed by atoms with Gasteiger partial charge in [0, 0.05) is 65.4 Å². The monoisotopic (exact) mass is 490 g/mol. The number of hydrogen-bond acceptors (Lipinski definition) is 7. The number of nitrogens with one attached hydrogen (secondary N) is 1. The highest BCUT2D eigenvalue weighted by Crippen LogP contribution is 2.28. The van der Waals surface area contributed by atoms with Gasteiger partial charge in [-0.15, -0.1) is 0 Å². The van der Waals surface area contributed by atoms with E-state index in [0.29, 0.717) is 51.9 Å². The van der Waals surface area contributed by atoms with Crippen LogP contribution in [0.25, 0.3) is 0 Å². The second kappa shape index (κ2) is 10.5. The Balaban J connectivity index is 0.00000408. The van der Waals surface area contributed by atoms with Crippen LogP contribution >= 0.6 is 0 Å². The highest BCUT2D eigenvalue weighted by molar-refractivity contribution is 7.92. The lowest BCUT2D eigenvalue weighted by atomic mass is 10.1. The second-order valence-electron chi connectivity index (χ2n) is 8.53. The lowest BCUT2D eigenvalue weighted by Crippen LogP contribution is -2.41. The minimum Gasteiger partial charge on any atom is -0.447 e. The largest absolute Gasteiger partial charge is 0.447 e. The molecule has 2 aliphatic rings. The summed E-state index contributed by atoms with van der Waals surface area (Å²) < 4.78 is 58.5. The molecule has 0 atom stereocenters. The summed E-state index contributed by atoms with van der Waals surface area (Å²) in [5.41, 5.74) is 0.492. The number of hydrogen-bond donors (Lipinski definition) is 1. The molecule has 1 aromatic rings. The Bertz CT molecular complexity index is 991. The maximum Gasteiger partial charge on any atom is 0.410 e. The fourth-order valence-corrected chi connectivity index (χ4v) is 4.28. The SMILES string of the molecule is CC(C)OC(=O)N1CCC(ON=C2CCN(c3cc(F)c(NS(C)(=O)=O)cc3F)CC2)CC1.[HH]. The Labute approximate surface area is 194 Å². The average Bonchev–Trinajstić information content (AvgIpc) is 2.74. The number of likely N-dealkylation sites (tertiary alicyclic amines) is 1. The first-order valence-electron chi connectivity index (χ1n) is 10.9. The Hall–Kier alpha value is -2.63. The van der Waals surface area contributed by atoms with Crippen LogP contribution in [-0.4, -0.2) is 69.8 Å². The molecule has 0 aliphatic carbocycles. The molecule has 0 bridgehead atoms. The van der Waals surface area contributed by atoms with Crippen molar-refractivity contribution in [3.8, 4) is 0 Å². The summed E-state index contributed by atoms with van der Waals surface area (Å²) in [6, 6.07) is 1.85. The highest BCUT2D eigenvalue weighted by Gasteiger charge is 2.26. The molecule has 2 heterocycles. The van der Waals surface area contributed by atoms with Crippen molar-refractivity contribution in [3.05, 3.63) is 23.8 Å². The minimum atomic E-state index is -3.71. The molecule has 0 spiro atoms. The van der Waals surface area contributed by atoms with E-state index < -0.39 is 27.3 Å². The van der Waals surface area contributed by atoms with Crippen LogP contribution < -0.4 is 9.62 Å². The Morgan fingerprint density at radius 1 is 1.15 bits per heavy atom. The molecule has 33 heavy (non-hydrogen) atoms. The minimum absolute atomic E-state index is 0. The van der Waals surface area contributed by atoms with Gasteiger partial charge < -0.3 is 19.4 Å². The van der Waals surface area contributed by atoms with Gasteiger partial charge in [0.2, 0.25) is 10.0 Å². The Morgan fingerprint density at radius 3 is 2.36 bits per heavy atom. The standard InChI is InChI=1S/C21H30F2N4O5S.H2/c1-14(2)31-21(28)27-10-6-16(7-11-27)32-24-15-4-8-26(9-5-15)20-13-17(22)19(12-18(20)23)25-33(3,29)30;/h12-14,16,25H,4-11H2,1-3H3;1H. The Kier molecular flexibility index (Phi) is 7.98. The first-order valence-corrected chi connectivity index (χ1v) is 12.8. The summed E-state index contributed by atoms with van der Waals surface area (Å²) in [5, 5.41) is 4.26. The van der Waals surface area contributed by atoms with Crippen molar-refractivity contribution in [3.63, 3.8) is 0 Å². The number of anilines is 2. The van der Waals surface area contributed by atoms with Crippen LogP contribution in [0.1, 0.15) is 41.0 Å². The number of sulfonamides is 1. The van der Waals surface area contributed by atoms with E-state index in [-0.39, 0.29) is 25.4 Å². The number of nitrogens with zero attached hydrogens (tertiary/aromatic N) is 3. The number of carbonyl (C=O) groups excluding carboxylic acids is 1. The third kappa shape index (κ3) is 7.18. The van der Waals surface area contributed by atoms with E-state index in [1.165, 1.54) is 0 Å². The van der Waals surface area contributed by atoms with E-state index >= 15 is 0 Å². The van der Waals surface area contributed by atoms with Gasteiger partial charge in [0.25, 0.3) is 0 Å². The molecule has 12 heteroatoms. The van der Waals surface area contributed by atoms with E-state index in [0.717, 1.165) is 24.1 Å². The molecule has 1 amide bonds. The molecule has 1 N–H and O–H groups in total. The fraction of sp³-hybridized carbons (Fsp3) is 0.619. The molecule has 186 valence electrons. The van der Waals surface area contributed by atoms with E-state index in [1.54, 1.807) is 9.80 Å². The number of halogens is 2. The topological polar surface area (TPSA) is 101 Å². The average molecular weight is 491 g/mol. The zero-order valence-electron chi connectivity index (χ0n) is 19.0. The van der Waals surface area contributed by atoms with Crippen molar-refractivity contribution in [1.29, 1.82) is 0 Å². The number of oxime groups is 1. The van der Waals surface area contributed by atoms with Crippen LogP contribution in [0.15, 0.2) is 17.3 Å². The summed E-state index contributed by atoms with van der Waals surface area (Å²) >= 11 is 0. The van der Waals surface area contributed by atoms with Gasteiger partial charge in [-0.2, -0.15) is 0 Å². The molecular formula is C21H32F2N4O5S. The van der Waals surface area contributed by atoms with Crippen LogP contribution in [-0.2, 0) is 19.6 Å². The van der Waals surface area contributed by atoms with Gasteiger partial charge in [0.05, 0.1) is 29.4 Å². The van der Waals surface area contributed by atoms with Gasteiger partial charge in [-0.25, -0.2) is 22.0 Å². The summed E-state index contributed by atoms with van der Waals surface area (Å²) in [6.45, 7) is 5.57. The molecule has 0 unspecified atom stereocenters. The first-order chi connectivity index (χ1) is 15.5. The maximum atomic E-state index is 14.5. The summed E-state index contributed by atoms with van der Waals surface area (Å²) in [5.74, 6) is -1.55. The number of benzene rings is 1. The van der Waals surface area contributed by atoms with Crippen molar-refractivity contribution in [2.24, 2.45) is 5.16 Å². The molecular weight excluding hydrogens is 458 g/mol. The zero-order chi connectivity index (χ0) is 24.2. The maximum absolute atomic E-state index is 14.5. The molecule has 2 fully saturated rings. The van der Waals surface area contributed by atoms with Crippen molar-refractivity contribution >= 4 is 33.2 Å². The van der Waals surface area contributed by atoms with Gasteiger partial charge in [0.15, 0.2) is 0 Å². The number of amides is 1. The van der Waals surface area contributed by atoms with Crippen LogP contribution in [0.2, 0.25) is 0 Å². The van der Waals surface area contributed by atoms with E-state index in [4.69, 9.17) is 9.57 Å². The van der Waals surface area contributed by atoms with Crippen LogP contribution in [0.3, 0.4) is 0 Å². The lowest BCUT2D eigenvalue weighted by molar-refractivity contribution is 0.00415. The van der Waals surface area contributed by atoms with Crippen molar-refractivity contribution < 1.29 is 33.0 Å². The number of carbonyl (C=O) groups is 1. The smallest absolute Gasteiger partial charge is 0.410 e. The summed E-state index contributed by atoms with van der Waals surface area (Å²) in [7, 11) is -3.71. The zero-order valence-corrected chi connectivity index (χ0v) is 19.8. The highest BCUT2D eigenvalue weighted by atomic mass is 32.2. The van der Waals surface area contributed by atoms with Crippen molar-refractivity contribution in [2.45, 2.75) is 51.7 Å². The van der Waals surface area contributed by atoms with Crippen molar-refractivity contribution in [2.75, 3.05) is 42.1 Å². The van der Waals surface area contributed by atoms with Gasteiger partial charge in [-0.3, -0.25) is 4.72 Å². The molecule has 9 nitrogen and oxygen atoms in total. The molecule has 2 aliphatic heterocycles. The van der Waals surface area contributed by atoms with Gasteiger partial charge in [-0.05, 0) is 13.8 Å². The third-order valence-corrected chi connectivity index (χ3v) is 5.97. The van der Waals surface area contributed by atoms with Crippen molar-refractivity contribution in [1.82, 2.24) is 4.90 Å². The molecule has 1 aromatic carbocycles. The quantitative estimate of drug-likeness (QED) is 0.612. The van der Waals surface area contributed by atoms with E-state index in [1.807, 2.05) is 18.6 Å². The molecule has 3 rings (SSSR count). The van der Waals surface area contributed by atoms with Gasteiger partial charge in [0.1, 0.15) is 17.7 Å². The number of piperidine rings is 2. The molecule has 0 radical (unpaired) electrons. The molecule has 2 saturated heterocycles. The number of rotatable bonds is 6. The second-order valence-corrected chi connectivity index (χ2v) is 10.3. The van der Waals surface area contributed by atoms with Gasteiger partial charge >= 0.3 is 6.09 Å².